The Bertz CT molecular complexity index is 500. The molecule has 0 bridgehead atoms. The molecule has 1 saturated heterocycles. The molecule has 3 rings (SSSR count). The lowest BCUT2D eigenvalue weighted by atomic mass is 9.80. The zero-order valence-corrected chi connectivity index (χ0v) is 12.9. The van der Waals surface area contributed by atoms with Crippen LogP contribution in [0.4, 0.5) is 0 Å². The Kier molecular flexibility index (Phi) is 4.71. The van der Waals surface area contributed by atoms with E-state index < -0.39 is 0 Å². The molecule has 2 aliphatic rings. The highest BCUT2D eigenvalue weighted by molar-refractivity contribution is 5.84. The summed E-state index contributed by atoms with van der Waals surface area (Å²) in [7, 11) is 0. The van der Waals surface area contributed by atoms with Gasteiger partial charge < -0.3 is 4.74 Å². The molecule has 21 heavy (non-hydrogen) atoms. The minimum absolute atomic E-state index is 0.215. The molecule has 2 unspecified atom stereocenters. The van der Waals surface area contributed by atoms with Crippen LogP contribution in [0.2, 0.25) is 0 Å². The van der Waals surface area contributed by atoms with Gasteiger partial charge in [0, 0.05) is 19.5 Å². The molecule has 1 aliphatic carbocycles. The summed E-state index contributed by atoms with van der Waals surface area (Å²) in [6, 6.07) is 8.61. The molecule has 3 nitrogen and oxygen atoms in total. The van der Waals surface area contributed by atoms with E-state index in [2.05, 4.69) is 36.1 Å². The van der Waals surface area contributed by atoms with Crippen LogP contribution in [0, 0.1) is 0 Å². The van der Waals surface area contributed by atoms with Crippen molar-refractivity contribution in [1.82, 2.24) is 4.90 Å². The van der Waals surface area contributed by atoms with Crippen LogP contribution in [-0.4, -0.2) is 43.0 Å². The van der Waals surface area contributed by atoms with Crippen LogP contribution < -0.4 is 0 Å². The van der Waals surface area contributed by atoms with E-state index in [4.69, 9.17) is 4.74 Å². The maximum Gasteiger partial charge on any atom is 0.163 e. The van der Waals surface area contributed by atoms with Crippen molar-refractivity contribution in [2.24, 2.45) is 0 Å². The fraction of sp³-hybridized carbons (Fsp3) is 0.611. The van der Waals surface area contributed by atoms with Gasteiger partial charge in [-0.3, -0.25) is 9.69 Å². The summed E-state index contributed by atoms with van der Waals surface area (Å²) in [5, 5.41) is 0. The van der Waals surface area contributed by atoms with Crippen molar-refractivity contribution in [3.05, 3.63) is 35.4 Å². The number of carbonyl (C=O) groups excluding carboxylic acids is 1. The maximum absolute atomic E-state index is 12.6. The quantitative estimate of drug-likeness (QED) is 0.853. The van der Waals surface area contributed by atoms with Gasteiger partial charge in [-0.2, -0.15) is 0 Å². The van der Waals surface area contributed by atoms with Crippen molar-refractivity contribution in [3.63, 3.8) is 0 Å². The summed E-state index contributed by atoms with van der Waals surface area (Å²) < 4.78 is 5.71. The van der Waals surface area contributed by atoms with Gasteiger partial charge in [0.2, 0.25) is 0 Å². The van der Waals surface area contributed by atoms with Crippen molar-refractivity contribution in [2.45, 2.75) is 44.6 Å². The van der Waals surface area contributed by atoms with Gasteiger partial charge in [-0.25, -0.2) is 0 Å². The van der Waals surface area contributed by atoms with Gasteiger partial charge in [0.25, 0.3) is 0 Å². The molecular formula is C18H25NO2. The average Bonchev–Trinajstić information content (AvgIpc) is 2.55. The van der Waals surface area contributed by atoms with E-state index in [0.717, 1.165) is 32.5 Å². The molecule has 1 aromatic rings. The Labute approximate surface area is 127 Å². The van der Waals surface area contributed by atoms with Crippen molar-refractivity contribution in [3.8, 4) is 0 Å². The molecule has 114 valence electrons. The largest absolute Gasteiger partial charge is 0.368 e. The molecule has 1 aromatic carbocycles. The number of Topliss-reactive ketones (excluding diaryl/α,β-unsaturated/α-hetero) is 1. The number of ether oxygens (including phenoxy) is 1. The number of morpholine rings is 1. The zero-order chi connectivity index (χ0) is 14.7. The number of rotatable bonds is 4. The summed E-state index contributed by atoms with van der Waals surface area (Å²) in [4.78, 5) is 14.9. The van der Waals surface area contributed by atoms with E-state index in [9.17, 15) is 4.79 Å². The molecule has 0 aromatic heterocycles. The van der Waals surface area contributed by atoms with Gasteiger partial charge in [0.1, 0.15) is 6.10 Å². The van der Waals surface area contributed by atoms with Crippen molar-refractivity contribution >= 4 is 5.78 Å². The predicted molar refractivity (Wildman–Crippen MR) is 83.6 cm³/mol. The van der Waals surface area contributed by atoms with Gasteiger partial charge in [-0.15, -0.1) is 0 Å². The Morgan fingerprint density at radius 2 is 2.24 bits per heavy atom. The SMILES string of the molecule is CCN1CCOC(C(=O)CC2CCCc3ccccc32)C1. The molecule has 3 heteroatoms. The van der Waals surface area contributed by atoms with Gasteiger partial charge in [-0.05, 0) is 42.9 Å². The highest BCUT2D eigenvalue weighted by Crippen LogP contribution is 2.34. The first-order chi connectivity index (χ1) is 10.3. The lowest BCUT2D eigenvalue weighted by molar-refractivity contribution is -0.136. The molecule has 0 radical (unpaired) electrons. The van der Waals surface area contributed by atoms with E-state index in [0.29, 0.717) is 18.9 Å². The fourth-order valence-corrected chi connectivity index (χ4v) is 3.63. The highest BCUT2D eigenvalue weighted by atomic mass is 16.5. The van der Waals surface area contributed by atoms with E-state index in [1.807, 2.05) is 0 Å². The normalized spacial score (nSPS) is 26.3. The van der Waals surface area contributed by atoms with Crippen LogP contribution in [-0.2, 0) is 16.0 Å². The number of benzene rings is 1. The fourth-order valence-electron chi connectivity index (χ4n) is 3.63. The van der Waals surface area contributed by atoms with Crippen molar-refractivity contribution in [2.75, 3.05) is 26.2 Å². The number of carbonyl (C=O) groups is 1. The number of nitrogens with zero attached hydrogens (tertiary/aromatic N) is 1. The number of likely N-dealkylation sites (N-methyl/N-ethyl adjacent to an activating group) is 1. The van der Waals surface area contributed by atoms with Gasteiger partial charge in [-0.1, -0.05) is 31.2 Å². The second-order valence-electron chi connectivity index (χ2n) is 6.21. The van der Waals surface area contributed by atoms with Crippen LogP contribution >= 0.6 is 0 Å². The zero-order valence-electron chi connectivity index (χ0n) is 12.9. The number of ketones is 1. The number of fused-ring (bicyclic) bond motifs is 1. The average molecular weight is 287 g/mol. The van der Waals surface area contributed by atoms with Crippen LogP contribution in [0.15, 0.2) is 24.3 Å². The smallest absolute Gasteiger partial charge is 0.163 e. The molecule has 0 saturated carbocycles. The van der Waals surface area contributed by atoms with Crippen molar-refractivity contribution < 1.29 is 9.53 Å². The lowest BCUT2D eigenvalue weighted by Crippen LogP contribution is -2.46. The third-order valence-electron chi connectivity index (χ3n) is 4.90. The monoisotopic (exact) mass is 287 g/mol. The second-order valence-corrected chi connectivity index (χ2v) is 6.21. The summed E-state index contributed by atoms with van der Waals surface area (Å²) in [5.41, 5.74) is 2.82. The Balaban J connectivity index is 1.65. The minimum atomic E-state index is -0.215. The summed E-state index contributed by atoms with van der Waals surface area (Å²) >= 11 is 0. The molecule has 0 amide bonds. The first kappa shape index (κ1) is 14.7. The maximum atomic E-state index is 12.6. The first-order valence-corrected chi connectivity index (χ1v) is 8.22. The summed E-state index contributed by atoms with van der Waals surface area (Å²) in [6.07, 6.45) is 3.91. The van der Waals surface area contributed by atoms with Gasteiger partial charge in [0.05, 0.1) is 6.61 Å². The molecule has 1 fully saturated rings. The topological polar surface area (TPSA) is 29.5 Å². The van der Waals surface area contributed by atoms with E-state index in [1.54, 1.807) is 0 Å². The minimum Gasteiger partial charge on any atom is -0.368 e. The summed E-state index contributed by atoms with van der Waals surface area (Å²) in [6.45, 7) is 5.55. The Hall–Kier alpha value is -1.19. The predicted octanol–water partition coefficient (Wildman–Crippen LogP) is 2.79. The Morgan fingerprint density at radius 3 is 3.10 bits per heavy atom. The third-order valence-corrected chi connectivity index (χ3v) is 4.90. The van der Waals surface area contributed by atoms with E-state index in [1.165, 1.54) is 17.5 Å². The third kappa shape index (κ3) is 3.35. The number of hydrogen-bond acceptors (Lipinski definition) is 3. The van der Waals surface area contributed by atoms with Crippen LogP contribution in [0.3, 0.4) is 0 Å². The Morgan fingerprint density at radius 1 is 1.38 bits per heavy atom. The van der Waals surface area contributed by atoms with E-state index in [-0.39, 0.29) is 11.9 Å². The van der Waals surface area contributed by atoms with Gasteiger partial charge in [0.15, 0.2) is 5.78 Å². The molecule has 2 atom stereocenters. The molecule has 0 spiro atoms. The molecule has 0 N–H and O–H groups in total. The van der Waals surface area contributed by atoms with Gasteiger partial charge >= 0.3 is 0 Å². The highest BCUT2D eigenvalue weighted by Gasteiger charge is 2.29. The first-order valence-electron chi connectivity index (χ1n) is 8.22. The van der Waals surface area contributed by atoms with Crippen LogP contribution in [0.1, 0.15) is 43.2 Å². The van der Waals surface area contributed by atoms with Crippen molar-refractivity contribution in [1.29, 1.82) is 0 Å². The second kappa shape index (κ2) is 6.71. The molecule has 1 heterocycles. The van der Waals surface area contributed by atoms with E-state index >= 15 is 0 Å². The lowest BCUT2D eigenvalue weighted by Gasteiger charge is -2.32. The number of hydrogen-bond donors (Lipinski definition) is 0. The number of aryl methyl sites for hydroxylation is 1. The van der Waals surface area contributed by atoms with Crippen LogP contribution in [0.5, 0.6) is 0 Å². The molecule has 1 aliphatic heterocycles. The molecular weight excluding hydrogens is 262 g/mol. The summed E-state index contributed by atoms with van der Waals surface area (Å²) in [5.74, 6) is 0.679. The van der Waals surface area contributed by atoms with Crippen LogP contribution in [0.25, 0.3) is 0 Å². The standard InChI is InChI=1S/C18H25NO2/c1-2-19-10-11-21-18(13-19)17(20)12-15-8-5-7-14-6-3-4-9-16(14)15/h3-4,6,9,15,18H,2,5,7-8,10-13H2,1H3.